The lowest BCUT2D eigenvalue weighted by Gasteiger charge is -2.37. The number of hydrogen-bond donors (Lipinski definition) is 1. The monoisotopic (exact) mass is 357 g/mol. The van der Waals surface area contributed by atoms with Crippen LogP contribution in [-0.2, 0) is 4.79 Å². The van der Waals surface area contributed by atoms with Crippen molar-refractivity contribution in [2.45, 2.75) is 24.8 Å². The molecule has 1 N–H and O–H groups in total. The van der Waals surface area contributed by atoms with Gasteiger partial charge in [0, 0.05) is 11.0 Å². The summed E-state index contributed by atoms with van der Waals surface area (Å²) in [5, 5.41) is 9.86. The van der Waals surface area contributed by atoms with Crippen LogP contribution in [0.15, 0.2) is 46.9 Å². The van der Waals surface area contributed by atoms with Crippen LogP contribution in [0.4, 0.5) is 0 Å². The Hall–Kier alpha value is -1.81. The van der Waals surface area contributed by atoms with Crippen molar-refractivity contribution in [3.05, 3.63) is 63.6 Å². The van der Waals surface area contributed by atoms with E-state index in [-0.39, 0.29) is 23.6 Å². The summed E-state index contributed by atoms with van der Waals surface area (Å²) in [7, 11) is 0. The topological polar surface area (TPSA) is 40.5 Å². The van der Waals surface area contributed by atoms with Crippen molar-refractivity contribution in [1.29, 1.82) is 0 Å². The summed E-state index contributed by atoms with van der Waals surface area (Å²) in [6.07, 6.45) is 2.01. The quantitative estimate of drug-likeness (QED) is 0.838. The summed E-state index contributed by atoms with van der Waals surface area (Å²) < 4.78 is 1.00. The Bertz CT molecular complexity index is 741. The van der Waals surface area contributed by atoms with Gasteiger partial charge in [0.15, 0.2) is 0 Å². The summed E-state index contributed by atoms with van der Waals surface area (Å²) in [4.78, 5) is 15.0. The standard InChI is InChI=1S/C18H16BrNO2/c19-12-5-3-11(4-6-12)17-14-8-7-13(21)10-15(14)16-2-1-9-20(16)18(17)22/h3-8,10,16-17,21H,1-2,9H2/t16-,17-/m0/s1. The number of benzene rings is 2. The summed E-state index contributed by atoms with van der Waals surface area (Å²) in [5.74, 6) is 0.190. The molecule has 2 atom stereocenters. The maximum absolute atomic E-state index is 13.0. The molecule has 0 unspecified atom stereocenters. The molecule has 0 aliphatic carbocycles. The van der Waals surface area contributed by atoms with Crippen LogP contribution >= 0.6 is 15.9 Å². The lowest BCUT2D eigenvalue weighted by Crippen LogP contribution is -2.40. The molecule has 4 rings (SSSR count). The van der Waals surface area contributed by atoms with Gasteiger partial charge < -0.3 is 10.0 Å². The van der Waals surface area contributed by atoms with Gasteiger partial charge in [0.1, 0.15) is 5.75 Å². The van der Waals surface area contributed by atoms with Crippen LogP contribution in [0.5, 0.6) is 5.75 Å². The lowest BCUT2D eigenvalue weighted by atomic mass is 9.81. The molecule has 2 aromatic carbocycles. The van der Waals surface area contributed by atoms with Gasteiger partial charge in [-0.3, -0.25) is 4.79 Å². The predicted molar refractivity (Wildman–Crippen MR) is 87.8 cm³/mol. The Morgan fingerprint density at radius 1 is 1.09 bits per heavy atom. The molecule has 2 aliphatic heterocycles. The molecule has 0 spiro atoms. The summed E-state index contributed by atoms with van der Waals surface area (Å²) in [5.41, 5.74) is 3.14. The number of fused-ring (bicyclic) bond motifs is 3. The molecule has 0 radical (unpaired) electrons. The second-order valence-electron chi connectivity index (χ2n) is 5.99. The minimum atomic E-state index is -0.266. The molecule has 0 bridgehead atoms. The van der Waals surface area contributed by atoms with Crippen LogP contribution in [-0.4, -0.2) is 22.5 Å². The first kappa shape index (κ1) is 13.8. The third kappa shape index (κ3) is 2.05. The Morgan fingerprint density at radius 3 is 2.64 bits per heavy atom. The van der Waals surface area contributed by atoms with Crippen molar-refractivity contribution < 1.29 is 9.90 Å². The van der Waals surface area contributed by atoms with E-state index < -0.39 is 0 Å². The Labute approximate surface area is 137 Å². The van der Waals surface area contributed by atoms with Gasteiger partial charge in [-0.15, -0.1) is 0 Å². The Balaban J connectivity index is 1.89. The third-order valence-electron chi connectivity index (χ3n) is 4.73. The van der Waals surface area contributed by atoms with Gasteiger partial charge in [-0.25, -0.2) is 0 Å². The maximum atomic E-state index is 13.0. The highest BCUT2D eigenvalue weighted by Gasteiger charge is 2.42. The van der Waals surface area contributed by atoms with Crippen molar-refractivity contribution in [1.82, 2.24) is 4.90 Å². The van der Waals surface area contributed by atoms with E-state index in [1.54, 1.807) is 6.07 Å². The number of halogens is 1. The van der Waals surface area contributed by atoms with E-state index in [4.69, 9.17) is 0 Å². The second kappa shape index (κ2) is 5.13. The van der Waals surface area contributed by atoms with Gasteiger partial charge in [-0.1, -0.05) is 34.1 Å². The van der Waals surface area contributed by atoms with Crippen LogP contribution in [0, 0.1) is 0 Å². The fourth-order valence-corrected chi connectivity index (χ4v) is 4.01. The van der Waals surface area contributed by atoms with E-state index >= 15 is 0 Å². The average molecular weight is 358 g/mol. The second-order valence-corrected chi connectivity index (χ2v) is 6.90. The summed E-state index contributed by atoms with van der Waals surface area (Å²) in [6.45, 7) is 0.811. The van der Waals surface area contributed by atoms with Crippen molar-refractivity contribution >= 4 is 21.8 Å². The molecule has 22 heavy (non-hydrogen) atoms. The number of rotatable bonds is 1. The van der Waals surface area contributed by atoms with E-state index in [1.165, 1.54) is 0 Å². The molecule has 2 aliphatic rings. The number of carbonyl (C=O) groups excluding carboxylic acids is 1. The van der Waals surface area contributed by atoms with E-state index in [2.05, 4.69) is 15.9 Å². The molecular weight excluding hydrogens is 342 g/mol. The third-order valence-corrected chi connectivity index (χ3v) is 5.26. The largest absolute Gasteiger partial charge is 0.508 e. The van der Waals surface area contributed by atoms with Gasteiger partial charge in [-0.05, 0) is 53.8 Å². The molecule has 112 valence electrons. The minimum absolute atomic E-state index is 0.126. The van der Waals surface area contributed by atoms with Gasteiger partial charge in [0.25, 0.3) is 0 Å². The van der Waals surface area contributed by atoms with Crippen LogP contribution in [0.25, 0.3) is 0 Å². The number of hydrogen-bond acceptors (Lipinski definition) is 2. The van der Waals surface area contributed by atoms with Crippen molar-refractivity contribution in [3.63, 3.8) is 0 Å². The zero-order valence-corrected chi connectivity index (χ0v) is 13.6. The van der Waals surface area contributed by atoms with Crippen LogP contribution < -0.4 is 0 Å². The highest BCUT2D eigenvalue weighted by Crippen LogP contribution is 2.45. The molecule has 1 amide bonds. The van der Waals surface area contributed by atoms with Gasteiger partial charge in [0.05, 0.1) is 12.0 Å². The maximum Gasteiger partial charge on any atom is 0.235 e. The van der Waals surface area contributed by atoms with Gasteiger partial charge in [0.2, 0.25) is 5.91 Å². The van der Waals surface area contributed by atoms with E-state index in [0.29, 0.717) is 0 Å². The SMILES string of the molecule is O=C1[C@@H](c2ccc(Br)cc2)c2ccc(O)cc2[C@@H]2CCCN12. The minimum Gasteiger partial charge on any atom is -0.508 e. The summed E-state index contributed by atoms with van der Waals surface area (Å²) in [6, 6.07) is 13.5. The molecular formula is C18H16BrNO2. The summed E-state index contributed by atoms with van der Waals surface area (Å²) >= 11 is 3.44. The number of phenols is 1. The fraction of sp³-hybridized carbons (Fsp3) is 0.278. The first-order valence-electron chi connectivity index (χ1n) is 7.54. The van der Waals surface area contributed by atoms with Crippen LogP contribution in [0.2, 0.25) is 0 Å². The Morgan fingerprint density at radius 2 is 1.86 bits per heavy atom. The predicted octanol–water partition coefficient (Wildman–Crippen LogP) is 3.96. The number of carbonyl (C=O) groups is 1. The molecule has 1 fully saturated rings. The zero-order chi connectivity index (χ0) is 15.3. The zero-order valence-electron chi connectivity index (χ0n) is 12.0. The number of nitrogens with zero attached hydrogens (tertiary/aromatic N) is 1. The van der Waals surface area contributed by atoms with E-state index in [9.17, 15) is 9.90 Å². The number of aromatic hydroxyl groups is 1. The lowest BCUT2D eigenvalue weighted by molar-refractivity contribution is -0.133. The van der Waals surface area contributed by atoms with Crippen molar-refractivity contribution in [2.75, 3.05) is 6.54 Å². The van der Waals surface area contributed by atoms with Gasteiger partial charge in [-0.2, -0.15) is 0 Å². The molecule has 2 aromatic rings. The number of amides is 1. The molecule has 4 heteroatoms. The highest BCUT2D eigenvalue weighted by molar-refractivity contribution is 9.10. The van der Waals surface area contributed by atoms with Crippen LogP contribution in [0.1, 0.15) is 41.5 Å². The smallest absolute Gasteiger partial charge is 0.235 e. The van der Waals surface area contributed by atoms with Gasteiger partial charge >= 0.3 is 0 Å². The van der Waals surface area contributed by atoms with E-state index in [1.807, 2.05) is 41.3 Å². The molecule has 3 nitrogen and oxygen atoms in total. The number of phenolic OH excluding ortho intramolecular Hbond substituents is 1. The highest BCUT2D eigenvalue weighted by atomic mass is 79.9. The average Bonchev–Trinajstić information content (AvgIpc) is 3.00. The first-order valence-corrected chi connectivity index (χ1v) is 8.33. The van der Waals surface area contributed by atoms with Crippen LogP contribution in [0.3, 0.4) is 0 Å². The molecule has 0 saturated carbocycles. The molecule has 0 aromatic heterocycles. The first-order chi connectivity index (χ1) is 10.6. The normalized spacial score (nSPS) is 23.3. The van der Waals surface area contributed by atoms with Crippen molar-refractivity contribution in [2.24, 2.45) is 0 Å². The Kier molecular flexibility index (Phi) is 3.22. The molecule has 2 heterocycles. The van der Waals surface area contributed by atoms with Crippen molar-refractivity contribution in [3.8, 4) is 5.75 Å². The van der Waals surface area contributed by atoms with E-state index in [0.717, 1.165) is 40.5 Å². The fourth-order valence-electron chi connectivity index (χ4n) is 3.74. The molecule has 1 saturated heterocycles.